The Bertz CT molecular complexity index is 3620. The van der Waals surface area contributed by atoms with E-state index in [2.05, 4.69) is 46.8 Å². The van der Waals surface area contributed by atoms with Gasteiger partial charge in [0.1, 0.15) is 52.9 Å². The van der Waals surface area contributed by atoms with Gasteiger partial charge in [0.25, 0.3) is 11.8 Å². The molecule has 0 radical (unpaired) electrons. The fraction of sp³-hybridized carbons (Fsp3) is 0.644. The highest BCUT2D eigenvalue weighted by Gasteiger charge is 2.52. The Morgan fingerprint density at radius 2 is 1.17 bits per heavy atom. The molecule has 2 aromatic heterocycles. The topological polar surface area (TPSA) is 276 Å². The maximum Gasteiger partial charge on any atom is 0.270 e. The second kappa shape index (κ2) is 30.4. The van der Waals surface area contributed by atoms with Gasteiger partial charge in [-0.15, -0.1) is 0 Å². The van der Waals surface area contributed by atoms with Gasteiger partial charge in [0.2, 0.25) is 29.5 Å². The van der Waals surface area contributed by atoms with E-state index in [-0.39, 0.29) is 101 Å². The lowest BCUT2D eigenvalue weighted by atomic mass is 9.88. The van der Waals surface area contributed by atoms with Crippen LogP contribution in [0.25, 0.3) is 0 Å². The first kappa shape index (κ1) is 72.7. The Labute approximate surface area is 579 Å². The number of anilines is 2. The number of likely N-dealkylation sites (N-methyl/N-ethyl adjacent to an activating group) is 1. The minimum absolute atomic E-state index is 0.0348. The van der Waals surface area contributed by atoms with E-state index >= 15 is 8.78 Å². The summed E-state index contributed by atoms with van der Waals surface area (Å²) in [6.45, 7) is 16.7. The van der Waals surface area contributed by atoms with Crippen molar-refractivity contribution in [2.75, 3.05) is 71.7 Å². The summed E-state index contributed by atoms with van der Waals surface area (Å²) in [5.74, 6) is -5.13. The van der Waals surface area contributed by atoms with Crippen LogP contribution in [-0.2, 0) is 44.8 Å². The van der Waals surface area contributed by atoms with Gasteiger partial charge in [-0.1, -0.05) is 26.0 Å². The summed E-state index contributed by atoms with van der Waals surface area (Å²) in [7, 11) is 6.78. The summed E-state index contributed by atoms with van der Waals surface area (Å²) in [4.78, 5) is 120. The van der Waals surface area contributed by atoms with Gasteiger partial charge in [-0.05, 0) is 203 Å². The number of aromatic nitrogens is 4. The van der Waals surface area contributed by atoms with Crippen LogP contribution in [0.15, 0.2) is 54.7 Å². The van der Waals surface area contributed by atoms with E-state index in [4.69, 9.17) is 14.6 Å². The molecule has 0 spiro atoms. The molecule has 4 saturated carbocycles. The molecule has 4 aromatic rings. The van der Waals surface area contributed by atoms with E-state index in [1.807, 2.05) is 48.7 Å². The second-order valence-electron chi connectivity index (χ2n) is 30.3. The summed E-state index contributed by atoms with van der Waals surface area (Å²) in [5.41, 5.74) is 0.742. The molecule has 7 amide bonds. The average Bonchev–Trinajstić information content (AvgIpc) is 1.22. The number of methoxy groups -OCH3 is 2. The number of hydrogen-bond donors (Lipinski definition) is 6. The molecule has 2 bridgehead atoms. The molecular formula is C73H102F2N14O10. The van der Waals surface area contributed by atoms with Crippen molar-refractivity contribution in [3.05, 3.63) is 94.6 Å². The van der Waals surface area contributed by atoms with Crippen LogP contribution in [-0.4, -0.2) is 202 Å². The van der Waals surface area contributed by atoms with Crippen LogP contribution in [0.2, 0.25) is 0 Å². The Hall–Kier alpha value is -7.52. The van der Waals surface area contributed by atoms with E-state index in [0.717, 1.165) is 57.8 Å². The third-order valence-electron chi connectivity index (χ3n) is 22.2. The van der Waals surface area contributed by atoms with Crippen LogP contribution >= 0.6 is 0 Å². The molecule has 11 rings (SSSR count). The Morgan fingerprint density at radius 3 is 1.63 bits per heavy atom. The van der Waals surface area contributed by atoms with E-state index in [1.165, 1.54) is 38.5 Å². The number of amides is 7. The molecule has 11 atom stereocenters. The van der Waals surface area contributed by atoms with Gasteiger partial charge >= 0.3 is 0 Å². The predicted octanol–water partition coefficient (Wildman–Crippen LogP) is 6.80. The van der Waals surface area contributed by atoms with E-state index in [9.17, 15) is 38.4 Å². The first-order valence-corrected chi connectivity index (χ1v) is 35.7. The van der Waals surface area contributed by atoms with E-state index in [0.29, 0.717) is 67.9 Å². The lowest BCUT2D eigenvalue weighted by Crippen LogP contribution is -2.57. The summed E-state index contributed by atoms with van der Waals surface area (Å²) in [6, 6.07) is 7.81. The maximum atomic E-state index is 16.6. The second-order valence-corrected chi connectivity index (χ2v) is 30.3. The zero-order valence-corrected chi connectivity index (χ0v) is 59.4. The molecule has 4 aliphatic carbocycles. The van der Waals surface area contributed by atoms with Gasteiger partial charge in [0, 0.05) is 102 Å². The van der Waals surface area contributed by atoms with Crippen LogP contribution in [0, 0.1) is 47.1 Å². The molecule has 3 aliphatic heterocycles. The minimum atomic E-state index is -1.21. The number of rotatable bonds is 33. The minimum Gasteiger partial charge on any atom is -0.372 e. The number of likely N-dealkylation sites (tertiary alicyclic amines) is 3. The summed E-state index contributed by atoms with van der Waals surface area (Å²) < 4.78 is 47.1. The number of ether oxygens (including phenoxy) is 2. The standard InChI is InChI=1S/C73H102F2N14O10/c1-39(2)88-58(25-27-77-88)67(92)81-64(60(44-13-14-44)45-15-16-45)69(94)78-57-24-22-49(30-55(57)75)42(6)63(80-66(91)43(7)98-11)72(97)87-36-52-32-53(87)35-86(52)33-50-31-59(89(83-50)40(3)4)68(93)82-65(61(46-17-18-46)47-19-20-47)70(95)79-56-23-21-48(29-54(56)74)41(5)62(76-37-73(8,38-90)99-12)71(96)85-28-26-51(34-85)84(9)10/h21-25,27,29-31,38-47,51-53,60-65,76H,13-20,26,28,32-37H2,1-12H3,(H,78,94)(H,79,95)(H,80,91)(H,81,92)(H,82,93)/t41-,42-,43-,51-,52+,53+,62+,63+,64-,65-,73?/m0/s1. The SMILES string of the molecule is CO[C@@H](C)C(=O)N[C@@H](C(=O)N1C[C@H]2C[C@@H]1CN2Cc1cc(C(=O)N[C@H](C(=O)Nc2ccc([C@H](C)[C@@H](NCC(C)(C=O)OC)C(=O)N3CC[C@H](N(C)C)C3)cc2F)C(C2CC2)C2CC2)n(C(C)C)n1)[C@@H](C)c1ccc(NC(=O)[C@@H](NC(=O)c2ccnn2C(C)C)C(C2CC2)C2CC2)c(F)c1. The molecule has 3 saturated heterocycles. The molecule has 99 heavy (non-hydrogen) atoms. The van der Waals surface area contributed by atoms with Gasteiger partial charge in [-0.3, -0.25) is 47.8 Å². The zero-order chi connectivity index (χ0) is 71.0. The summed E-state index contributed by atoms with van der Waals surface area (Å²) in [5, 5.41) is 27.2. The average molecular weight is 1370 g/mol. The number of hydrogen-bond acceptors (Lipinski definition) is 15. The Kier molecular flexibility index (Phi) is 22.3. The number of fused-ring (bicyclic) bond motifs is 2. The highest BCUT2D eigenvalue weighted by atomic mass is 19.1. The molecule has 5 heterocycles. The van der Waals surface area contributed by atoms with E-state index < -0.39 is 88.9 Å². The monoisotopic (exact) mass is 1370 g/mol. The zero-order valence-electron chi connectivity index (χ0n) is 59.4. The summed E-state index contributed by atoms with van der Waals surface area (Å²) in [6.07, 6.45) is 10.2. The quantitative estimate of drug-likeness (QED) is 0.0268. The normalized spacial score (nSPS) is 22.1. The van der Waals surface area contributed by atoms with Gasteiger partial charge in [0.05, 0.1) is 23.1 Å². The van der Waals surface area contributed by atoms with Gasteiger partial charge in [-0.25, -0.2) is 8.78 Å². The molecule has 538 valence electrons. The lowest BCUT2D eigenvalue weighted by molar-refractivity contribution is -0.141. The van der Waals surface area contributed by atoms with Crippen LogP contribution < -0.4 is 31.9 Å². The number of halogens is 2. The summed E-state index contributed by atoms with van der Waals surface area (Å²) >= 11 is 0. The fourth-order valence-electron chi connectivity index (χ4n) is 15.4. The molecule has 1 unspecified atom stereocenters. The van der Waals surface area contributed by atoms with Crippen molar-refractivity contribution in [2.24, 2.45) is 35.5 Å². The van der Waals surface area contributed by atoms with Crippen LogP contribution in [0.4, 0.5) is 20.2 Å². The van der Waals surface area contributed by atoms with Crippen LogP contribution in [0.3, 0.4) is 0 Å². The first-order chi connectivity index (χ1) is 47.2. The van der Waals surface area contributed by atoms with Gasteiger partial charge in [-0.2, -0.15) is 10.2 Å². The Morgan fingerprint density at radius 1 is 0.636 bits per heavy atom. The van der Waals surface area contributed by atoms with Gasteiger partial charge < -0.3 is 60.9 Å². The van der Waals surface area contributed by atoms with Crippen molar-refractivity contribution < 1.29 is 56.6 Å². The van der Waals surface area contributed by atoms with Crippen molar-refractivity contribution in [2.45, 2.75) is 204 Å². The Balaban J connectivity index is 0.751. The largest absolute Gasteiger partial charge is 0.372 e. The predicted molar refractivity (Wildman–Crippen MR) is 367 cm³/mol. The molecule has 26 heteroatoms. The number of carbonyl (C=O) groups is 8. The third kappa shape index (κ3) is 16.5. The van der Waals surface area contributed by atoms with Crippen LogP contribution in [0.5, 0.6) is 0 Å². The highest BCUT2D eigenvalue weighted by molar-refractivity contribution is 6.02. The van der Waals surface area contributed by atoms with Gasteiger partial charge in [0.15, 0.2) is 6.29 Å². The number of benzene rings is 2. The number of piperazine rings is 1. The molecular weight excluding hydrogens is 1270 g/mol. The van der Waals surface area contributed by atoms with Crippen molar-refractivity contribution in [1.29, 1.82) is 0 Å². The van der Waals surface area contributed by atoms with Crippen molar-refractivity contribution >= 4 is 59.0 Å². The molecule has 2 aromatic carbocycles. The number of aldehydes is 1. The van der Waals surface area contributed by atoms with E-state index in [1.54, 1.807) is 70.4 Å². The number of nitrogens with one attached hydrogen (secondary N) is 6. The van der Waals surface area contributed by atoms with Crippen molar-refractivity contribution in [1.82, 2.24) is 60.4 Å². The maximum absolute atomic E-state index is 16.6. The van der Waals surface area contributed by atoms with Crippen LogP contribution in [0.1, 0.15) is 181 Å². The molecule has 24 nitrogen and oxygen atoms in total. The lowest BCUT2D eigenvalue weighted by Gasteiger charge is -2.37. The molecule has 7 fully saturated rings. The third-order valence-corrected chi connectivity index (χ3v) is 22.2. The van der Waals surface area contributed by atoms with Crippen molar-refractivity contribution in [3.8, 4) is 0 Å². The fourth-order valence-corrected chi connectivity index (χ4v) is 15.4. The highest BCUT2D eigenvalue weighted by Crippen LogP contribution is 2.52. The number of carbonyl (C=O) groups excluding carboxylic acids is 8. The number of nitrogens with zero attached hydrogens (tertiary/aromatic N) is 8. The van der Waals surface area contributed by atoms with Crippen molar-refractivity contribution in [3.63, 3.8) is 0 Å². The molecule has 7 aliphatic rings. The molecule has 6 N–H and O–H groups in total. The first-order valence-electron chi connectivity index (χ1n) is 35.7. The smallest absolute Gasteiger partial charge is 0.270 e.